The van der Waals surface area contributed by atoms with E-state index in [1.807, 2.05) is 33.1 Å². The molecule has 2 amide bonds. The van der Waals surface area contributed by atoms with Gasteiger partial charge >= 0.3 is 6.09 Å². The number of nitrogens with two attached hydrogens (primary N) is 1. The molecule has 0 unspecified atom stereocenters. The molecule has 0 radical (unpaired) electrons. The molecule has 4 rings (SSSR count). The number of ether oxygens (including phenoxy) is 1. The molecule has 0 atom stereocenters. The molecule has 0 saturated heterocycles. The van der Waals surface area contributed by atoms with Gasteiger partial charge in [0.1, 0.15) is 15.5 Å². The zero-order valence-electron chi connectivity index (χ0n) is 20.9. The number of amides is 2. The Morgan fingerprint density at radius 2 is 1.84 bits per heavy atom. The number of carbonyl (C=O) groups is 2. The van der Waals surface area contributed by atoms with E-state index in [2.05, 4.69) is 20.6 Å². The van der Waals surface area contributed by atoms with Crippen LogP contribution in [0.2, 0.25) is 0 Å². The van der Waals surface area contributed by atoms with E-state index in [9.17, 15) is 19.7 Å². The fourth-order valence-corrected chi connectivity index (χ4v) is 4.91. The number of benzene rings is 2. The van der Waals surface area contributed by atoms with E-state index >= 15 is 0 Å². The van der Waals surface area contributed by atoms with Crippen LogP contribution in [0.1, 0.15) is 30.4 Å². The summed E-state index contributed by atoms with van der Waals surface area (Å²) in [4.78, 5) is 45.8. The zero-order chi connectivity index (χ0) is 27.6. The molecule has 0 spiro atoms. The van der Waals surface area contributed by atoms with Crippen LogP contribution in [-0.4, -0.2) is 38.7 Å². The number of thioether (sulfide) groups is 1. The predicted molar refractivity (Wildman–Crippen MR) is 149 cm³/mol. The van der Waals surface area contributed by atoms with Crippen molar-refractivity contribution in [3.63, 3.8) is 0 Å². The molecule has 38 heavy (non-hydrogen) atoms. The molecule has 0 bridgehead atoms. The van der Waals surface area contributed by atoms with Crippen molar-refractivity contribution in [3.05, 3.63) is 63.5 Å². The molecule has 4 aromatic rings. The van der Waals surface area contributed by atoms with Crippen LogP contribution in [0.3, 0.4) is 0 Å². The van der Waals surface area contributed by atoms with Crippen molar-refractivity contribution in [2.45, 2.75) is 31.5 Å². The first kappa shape index (κ1) is 26.8. The van der Waals surface area contributed by atoms with Crippen molar-refractivity contribution in [2.75, 3.05) is 17.3 Å². The first-order chi connectivity index (χ1) is 17.9. The number of non-ortho nitro benzene ring substituents is 1. The summed E-state index contributed by atoms with van der Waals surface area (Å²) in [6.45, 7) is 5.66. The average Bonchev–Trinajstić information content (AvgIpc) is 3.19. The van der Waals surface area contributed by atoms with Crippen LogP contribution in [0.15, 0.2) is 53.7 Å². The van der Waals surface area contributed by atoms with Gasteiger partial charge in [-0.05, 0) is 51.3 Å². The number of thiophene rings is 1. The number of nitro groups is 1. The standard InChI is InChI=1S/C25H24N6O5S2/c1-25(2,3)30-21(32)20-18(26)17-19(28-23(37-4)29-22(17)38-20)13-6-5-7-14(12-13)27-24(33)36-16-10-8-15(9-11-16)31(34)35/h5-12H,26H2,1-4H3,(H,27,33)(H,30,32). The molecular formula is C25H24N6O5S2. The highest BCUT2D eigenvalue weighted by atomic mass is 32.2. The van der Waals surface area contributed by atoms with Gasteiger partial charge in [-0.25, -0.2) is 14.8 Å². The molecule has 0 fully saturated rings. The number of nitrogens with zero attached hydrogens (tertiary/aromatic N) is 3. The van der Waals surface area contributed by atoms with E-state index in [-0.39, 0.29) is 23.0 Å². The Morgan fingerprint density at radius 3 is 2.47 bits per heavy atom. The molecule has 2 aromatic carbocycles. The predicted octanol–water partition coefficient (Wildman–Crippen LogP) is 5.71. The summed E-state index contributed by atoms with van der Waals surface area (Å²) in [5.41, 5.74) is 7.77. The largest absolute Gasteiger partial charge is 0.417 e. The molecule has 196 valence electrons. The van der Waals surface area contributed by atoms with Gasteiger partial charge in [0, 0.05) is 28.9 Å². The van der Waals surface area contributed by atoms with Crippen LogP contribution >= 0.6 is 23.1 Å². The Labute approximate surface area is 226 Å². The molecule has 11 nitrogen and oxygen atoms in total. The highest BCUT2D eigenvalue weighted by molar-refractivity contribution is 7.98. The molecule has 0 saturated carbocycles. The fourth-order valence-electron chi connectivity index (χ4n) is 3.50. The smallest absolute Gasteiger partial charge is 0.410 e. The van der Waals surface area contributed by atoms with Gasteiger partial charge in [-0.1, -0.05) is 23.9 Å². The van der Waals surface area contributed by atoms with E-state index in [4.69, 9.17) is 10.5 Å². The number of nitro benzene ring substituents is 1. The van der Waals surface area contributed by atoms with Gasteiger partial charge in [0.25, 0.3) is 11.6 Å². The summed E-state index contributed by atoms with van der Waals surface area (Å²) in [7, 11) is 0. The topological polar surface area (TPSA) is 162 Å². The van der Waals surface area contributed by atoms with Crippen LogP contribution < -0.4 is 21.1 Å². The van der Waals surface area contributed by atoms with Gasteiger partial charge in [-0.15, -0.1) is 11.3 Å². The first-order valence-electron chi connectivity index (χ1n) is 11.3. The number of nitrogens with one attached hydrogen (secondary N) is 2. The summed E-state index contributed by atoms with van der Waals surface area (Å²) >= 11 is 2.55. The minimum atomic E-state index is -0.773. The first-order valence-corrected chi connectivity index (χ1v) is 13.3. The number of hydrogen-bond donors (Lipinski definition) is 3. The second-order valence-electron chi connectivity index (χ2n) is 9.13. The van der Waals surface area contributed by atoms with E-state index < -0.39 is 16.6 Å². The average molecular weight is 553 g/mol. The number of hydrogen-bond acceptors (Lipinski definition) is 10. The lowest BCUT2D eigenvalue weighted by Crippen LogP contribution is -2.40. The molecule has 0 aliphatic rings. The minimum Gasteiger partial charge on any atom is -0.410 e. The number of fused-ring (bicyclic) bond motifs is 1. The van der Waals surface area contributed by atoms with Gasteiger partial charge in [0.2, 0.25) is 0 Å². The van der Waals surface area contributed by atoms with Crippen LogP contribution in [0.4, 0.5) is 21.9 Å². The second-order valence-corrected chi connectivity index (χ2v) is 10.9. The molecule has 13 heteroatoms. The summed E-state index contributed by atoms with van der Waals surface area (Å²) in [5.74, 6) is -0.141. The molecule has 2 heterocycles. The van der Waals surface area contributed by atoms with Gasteiger partial charge in [-0.3, -0.25) is 20.2 Å². The lowest BCUT2D eigenvalue weighted by molar-refractivity contribution is -0.384. The maximum Gasteiger partial charge on any atom is 0.417 e. The number of rotatable bonds is 6. The normalized spacial score (nSPS) is 11.3. The second kappa shape index (κ2) is 10.6. The van der Waals surface area contributed by atoms with E-state index in [0.717, 1.165) is 0 Å². The van der Waals surface area contributed by atoms with Crippen LogP contribution in [-0.2, 0) is 0 Å². The number of nitrogen functional groups attached to an aromatic ring is 1. The van der Waals surface area contributed by atoms with Crippen LogP contribution in [0.25, 0.3) is 21.5 Å². The van der Waals surface area contributed by atoms with Gasteiger partial charge in [-0.2, -0.15) is 0 Å². The Bertz CT molecular complexity index is 1550. The SMILES string of the molecule is CSc1nc(-c2cccc(NC(=O)Oc3ccc([N+](=O)[O-])cc3)c2)c2c(N)c(C(=O)NC(C)(C)C)sc2n1. The van der Waals surface area contributed by atoms with Crippen LogP contribution in [0.5, 0.6) is 5.75 Å². The quantitative estimate of drug-likeness (QED) is 0.118. The molecule has 0 aliphatic carbocycles. The molecule has 2 aromatic heterocycles. The lowest BCUT2D eigenvalue weighted by Gasteiger charge is -2.20. The van der Waals surface area contributed by atoms with Crippen molar-refractivity contribution >= 4 is 62.4 Å². The highest BCUT2D eigenvalue weighted by Gasteiger charge is 2.24. The van der Waals surface area contributed by atoms with Crippen molar-refractivity contribution in [1.29, 1.82) is 0 Å². The molecular weight excluding hydrogens is 528 g/mol. The Balaban J connectivity index is 1.65. The Hall–Kier alpha value is -4.23. The molecule has 0 aliphatic heterocycles. The lowest BCUT2D eigenvalue weighted by atomic mass is 10.1. The number of anilines is 2. The summed E-state index contributed by atoms with van der Waals surface area (Å²) in [5, 5.41) is 17.4. The summed E-state index contributed by atoms with van der Waals surface area (Å²) in [6, 6.07) is 12.1. The third kappa shape index (κ3) is 6.01. The Kier molecular flexibility index (Phi) is 7.51. The maximum absolute atomic E-state index is 12.9. The van der Waals surface area contributed by atoms with Crippen molar-refractivity contribution in [1.82, 2.24) is 15.3 Å². The minimum absolute atomic E-state index is 0.113. The Morgan fingerprint density at radius 1 is 1.13 bits per heavy atom. The molecule has 4 N–H and O–H groups in total. The van der Waals surface area contributed by atoms with E-state index in [1.54, 1.807) is 18.2 Å². The third-order valence-corrected chi connectivity index (χ3v) is 6.73. The van der Waals surface area contributed by atoms with E-state index in [0.29, 0.717) is 37.2 Å². The third-order valence-electron chi connectivity index (χ3n) is 5.09. The zero-order valence-corrected chi connectivity index (χ0v) is 22.5. The fraction of sp³-hybridized carbons (Fsp3) is 0.200. The van der Waals surface area contributed by atoms with Gasteiger partial charge in [0.05, 0.1) is 21.7 Å². The van der Waals surface area contributed by atoms with Crippen molar-refractivity contribution < 1.29 is 19.2 Å². The number of carbonyl (C=O) groups excluding carboxylic acids is 2. The maximum atomic E-state index is 12.9. The number of aromatic nitrogens is 2. The summed E-state index contributed by atoms with van der Waals surface area (Å²) < 4.78 is 5.23. The van der Waals surface area contributed by atoms with E-state index in [1.165, 1.54) is 47.4 Å². The monoisotopic (exact) mass is 552 g/mol. The summed E-state index contributed by atoms with van der Waals surface area (Å²) in [6.07, 6.45) is 1.08. The van der Waals surface area contributed by atoms with Gasteiger partial charge in [0.15, 0.2) is 5.16 Å². The van der Waals surface area contributed by atoms with Crippen molar-refractivity contribution in [3.8, 4) is 17.0 Å². The van der Waals surface area contributed by atoms with Crippen LogP contribution in [0, 0.1) is 10.1 Å². The highest BCUT2D eigenvalue weighted by Crippen LogP contribution is 2.40. The van der Waals surface area contributed by atoms with Crippen molar-refractivity contribution in [2.24, 2.45) is 0 Å². The van der Waals surface area contributed by atoms with Gasteiger partial charge < -0.3 is 15.8 Å².